The molecule has 0 saturated carbocycles. The van der Waals surface area contributed by atoms with Crippen LogP contribution in [0.15, 0.2) is 0 Å². The second-order valence-electron chi connectivity index (χ2n) is 9.30. The van der Waals surface area contributed by atoms with Crippen molar-refractivity contribution in [3.05, 3.63) is 0 Å². The average molecular weight is 386 g/mol. The number of ether oxygens (including phenoxy) is 1. The third kappa shape index (κ3) is 6.00. The molecule has 0 aliphatic carbocycles. The van der Waals surface area contributed by atoms with Gasteiger partial charge in [-0.3, -0.25) is 4.79 Å². The van der Waals surface area contributed by atoms with Crippen LogP contribution in [0.1, 0.15) is 74.1 Å². The quantitative estimate of drug-likeness (QED) is 0.519. The molecule has 1 rings (SSSR count). The number of rotatable bonds is 1. The standard InChI is InChI=1S/C21H39NO5/c1-8-16-21(7,26)18(23)15(5)17(22)14(4)11-20(6,25)10-12(2)9-13(3)19(24)27-16/h12-16,18,22-23,25-26H,8-11H2,1-7H3/t12-,13+,14+,15-,16+,18+,20-,21+/m0/s1. The van der Waals surface area contributed by atoms with Gasteiger partial charge in [0.15, 0.2) is 0 Å². The lowest BCUT2D eigenvalue weighted by atomic mass is 9.75. The smallest absolute Gasteiger partial charge is 0.309 e. The zero-order valence-corrected chi connectivity index (χ0v) is 18.0. The van der Waals surface area contributed by atoms with Crippen molar-refractivity contribution < 1.29 is 24.9 Å². The fourth-order valence-corrected chi connectivity index (χ4v) is 4.57. The van der Waals surface area contributed by atoms with E-state index in [0.29, 0.717) is 25.7 Å². The summed E-state index contributed by atoms with van der Waals surface area (Å²) < 4.78 is 5.57. The molecule has 1 aliphatic heterocycles. The minimum atomic E-state index is -1.67. The van der Waals surface area contributed by atoms with Crippen molar-refractivity contribution in [2.45, 2.75) is 97.6 Å². The zero-order valence-electron chi connectivity index (χ0n) is 18.0. The summed E-state index contributed by atoms with van der Waals surface area (Å²) in [5.74, 6) is -1.54. The van der Waals surface area contributed by atoms with E-state index in [-0.39, 0.29) is 23.5 Å². The molecule has 6 heteroatoms. The van der Waals surface area contributed by atoms with Gasteiger partial charge in [-0.2, -0.15) is 0 Å². The molecular weight excluding hydrogens is 346 g/mol. The van der Waals surface area contributed by atoms with Gasteiger partial charge in [-0.15, -0.1) is 0 Å². The third-order valence-corrected chi connectivity index (χ3v) is 6.07. The van der Waals surface area contributed by atoms with Crippen LogP contribution in [0.4, 0.5) is 0 Å². The molecule has 0 aromatic rings. The SMILES string of the molecule is CC[C@H]1OC(=O)[C@H](C)C[C@H](C)C[C@](C)(O)C[C@@H](C)C(=N)[C@H](C)[C@@H](O)[C@]1(C)O. The van der Waals surface area contributed by atoms with Crippen molar-refractivity contribution in [3.63, 3.8) is 0 Å². The number of hydrogen-bond donors (Lipinski definition) is 4. The monoisotopic (exact) mass is 385 g/mol. The minimum absolute atomic E-state index is 0.107. The minimum Gasteiger partial charge on any atom is -0.459 e. The van der Waals surface area contributed by atoms with E-state index in [1.165, 1.54) is 6.92 Å². The fraction of sp³-hybridized carbons (Fsp3) is 0.905. The molecule has 6 nitrogen and oxygen atoms in total. The van der Waals surface area contributed by atoms with Gasteiger partial charge in [-0.05, 0) is 51.4 Å². The molecule has 0 aromatic carbocycles. The van der Waals surface area contributed by atoms with Crippen LogP contribution in [0, 0.1) is 29.1 Å². The van der Waals surface area contributed by atoms with Gasteiger partial charge in [0.05, 0.1) is 17.6 Å². The van der Waals surface area contributed by atoms with Crippen molar-refractivity contribution in [1.29, 1.82) is 5.41 Å². The topological polar surface area (TPSA) is 111 Å². The number of cyclic esters (lactones) is 1. The predicted octanol–water partition coefficient (Wildman–Crippen LogP) is 2.92. The number of carbonyl (C=O) groups is 1. The highest BCUT2D eigenvalue weighted by Gasteiger charge is 2.45. The normalized spacial score (nSPS) is 45.9. The number of aliphatic hydroxyl groups excluding tert-OH is 1. The highest BCUT2D eigenvalue weighted by atomic mass is 16.6. The summed E-state index contributed by atoms with van der Waals surface area (Å²) >= 11 is 0. The Morgan fingerprint density at radius 1 is 1.11 bits per heavy atom. The first-order chi connectivity index (χ1) is 12.2. The molecule has 0 amide bonds. The van der Waals surface area contributed by atoms with Gasteiger partial charge in [-0.1, -0.05) is 34.6 Å². The maximum absolute atomic E-state index is 12.5. The van der Waals surface area contributed by atoms with E-state index in [4.69, 9.17) is 10.1 Å². The van der Waals surface area contributed by atoms with Crippen molar-refractivity contribution in [2.24, 2.45) is 23.7 Å². The van der Waals surface area contributed by atoms with Crippen LogP contribution in [-0.4, -0.2) is 50.4 Å². The third-order valence-electron chi connectivity index (χ3n) is 6.07. The van der Waals surface area contributed by atoms with Crippen LogP contribution in [0.3, 0.4) is 0 Å². The Balaban J connectivity index is 3.25. The lowest BCUT2D eigenvalue weighted by Crippen LogP contribution is -2.55. The van der Waals surface area contributed by atoms with Crippen molar-refractivity contribution in [2.75, 3.05) is 0 Å². The van der Waals surface area contributed by atoms with Crippen LogP contribution in [0.25, 0.3) is 0 Å². The lowest BCUT2D eigenvalue weighted by molar-refractivity contribution is -0.186. The van der Waals surface area contributed by atoms with Gasteiger partial charge in [0, 0.05) is 11.6 Å². The van der Waals surface area contributed by atoms with Crippen LogP contribution in [-0.2, 0) is 9.53 Å². The van der Waals surface area contributed by atoms with Gasteiger partial charge < -0.3 is 25.5 Å². The number of aliphatic hydroxyl groups is 3. The largest absolute Gasteiger partial charge is 0.459 e. The van der Waals surface area contributed by atoms with Crippen molar-refractivity contribution in [3.8, 4) is 0 Å². The highest BCUT2D eigenvalue weighted by Crippen LogP contribution is 2.33. The Labute approximate surface area is 163 Å². The number of esters is 1. The van der Waals surface area contributed by atoms with E-state index in [0.717, 1.165) is 0 Å². The Bertz CT molecular complexity index is 531. The molecule has 0 unspecified atom stereocenters. The first-order valence-electron chi connectivity index (χ1n) is 10.1. The molecular formula is C21H39NO5. The Morgan fingerprint density at radius 2 is 1.67 bits per heavy atom. The molecule has 1 saturated heterocycles. The molecule has 1 aliphatic rings. The molecule has 27 heavy (non-hydrogen) atoms. The van der Waals surface area contributed by atoms with Gasteiger partial charge in [0.2, 0.25) is 0 Å². The Hall–Kier alpha value is -0.980. The van der Waals surface area contributed by atoms with E-state index < -0.39 is 35.3 Å². The van der Waals surface area contributed by atoms with Crippen molar-refractivity contribution in [1.82, 2.24) is 0 Å². The maximum Gasteiger partial charge on any atom is 0.309 e. The number of carbonyl (C=O) groups excluding carboxylic acids is 1. The molecule has 4 N–H and O–H groups in total. The molecule has 1 heterocycles. The summed E-state index contributed by atoms with van der Waals surface area (Å²) in [6.45, 7) is 12.4. The predicted molar refractivity (Wildman–Crippen MR) is 106 cm³/mol. The Kier molecular flexibility index (Phi) is 8.03. The molecule has 0 aromatic heterocycles. The first-order valence-corrected chi connectivity index (χ1v) is 10.1. The molecule has 8 atom stereocenters. The van der Waals surface area contributed by atoms with Gasteiger partial charge in [0.25, 0.3) is 0 Å². The summed E-state index contributed by atoms with van der Waals surface area (Å²) in [4.78, 5) is 12.5. The molecule has 0 radical (unpaired) electrons. The zero-order chi connectivity index (χ0) is 21.2. The highest BCUT2D eigenvalue weighted by molar-refractivity contribution is 5.86. The fourth-order valence-electron chi connectivity index (χ4n) is 4.57. The van der Waals surface area contributed by atoms with E-state index in [9.17, 15) is 20.1 Å². The maximum atomic E-state index is 12.5. The first kappa shape index (κ1) is 24.1. The molecule has 0 spiro atoms. The average Bonchev–Trinajstić information content (AvgIpc) is 2.54. The van der Waals surface area contributed by atoms with Gasteiger partial charge >= 0.3 is 5.97 Å². The van der Waals surface area contributed by atoms with Gasteiger partial charge in [0.1, 0.15) is 11.7 Å². The summed E-state index contributed by atoms with van der Waals surface area (Å²) in [5.41, 5.74) is -2.37. The summed E-state index contributed by atoms with van der Waals surface area (Å²) in [5, 5.41) is 41.0. The van der Waals surface area contributed by atoms with E-state index >= 15 is 0 Å². The van der Waals surface area contributed by atoms with E-state index in [1.54, 1.807) is 27.7 Å². The summed E-state index contributed by atoms with van der Waals surface area (Å²) in [7, 11) is 0. The van der Waals surface area contributed by atoms with Gasteiger partial charge in [-0.25, -0.2) is 0 Å². The van der Waals surface area contributed by atoms with Crippen LogP contribution in [0.2, 0.25) is 0 Å². The van der Waals surface area contributed by atoms with E-state index in [1.807, 2.05) is 13.8 Å². The lowest BCUT2D eigenvalue weighted by Gasteiger charge is -2.40. The van der Waals surface area contributed by atoms with Crippen LogP contribution in [0.5, 0.6) is 0 Å². The second-order valence-corrected chi connectivity index (χ2v) is 9.30. The summed E-state index contributed by atoms with van der Waals surface area (Å²) in [6, 6.07) is 0. The summed E-state index contributed by atoms with van der Waals surface area (Å²) in [6.07, 6.45) is -0.262. The number of hydrogen-bond acceptors (Lipinski definition) is 6. The number of nitrogens with one attached hydrogen (secondary N) is 1. The molecule has 0 bridgehead atoms. The van der Waals surface area contributed by atoms with E-state index in [2.05, 4.69) is 0 Å². The van der Waals surface area contributed by atoms with Crippen LogP contribution >= 0.6 is 0 Å². The second kappa shape index (κ2) is 9.01. The van der Waals surface area contributed by atoms with Crippen LogP contribution < -0.4 is 0 Å². The van der Waals surface area contributed by atoms with Crippen molar-refractivity contribution >= 4 is 11.7 Å². The Morgan fingerprint density at radius 3 is 2.19 bits per heavy atom. The molecule has 158 valence electrons. The molecule has 1 fully saturated rings.